The van der Waals surface area contributed by atoms with Crippen molar-refractivity contribution in [2.45, 2.75) is 87.0 Å². The molecule has 0 nitrogen and oxygen atoms in total. The van der Waals surface area contributed by atoms with Crippen LogP contribution in [0.1, 0.15) is 93.1 Å². The molecule has 1 atom stereocenters. The lowest BCUT2D eigenvalue weighted by atomic mass is 9.65. The molecule has 4 rings (SSSR count). The van der Waals surface area contributed by atoms with Crippen LogP contribution in [0, 0.1) is 55.4 Å². The molecule has 0 saturated heterocycles. The highest BCUT2D eigenvalue weighted by Crippen LogP contribution is 2.46. The van der Waals surface area contributed by atoms with Gasteiger partial charge in [0.15, 0.2) is 0 Å². The van der Waals surface area contributed by atoms with E-state index in [4.69, 9.17) is 0 Å². The molecule has 0 heteroatoms. The number of rotatable bonds is 5. The third-order valence-electron chi connectivity index (χ3n) is 8.85. The lowest BCUT2D eigenvalue weighted by Gasteiger charge is -2.38. The van der Waals surface area contributed by atoms with Crippen molar-refractivity contribution in [3.05, 3.63) is 139 Å². The maximum absolute atomic E-state index is 2.44. The zero-order chi connectivity index (χ0) is 27.3. The minimum Gasteiger partial charge on any atom is -0.0590 e. The van der Waals surface area contributed by atoms with E-state index in [9.17, 15) is 0 Å². The van der Waals surface area contributed by atoms with Gasteiger partial charge in [0, 0.05) is 10.8 Å². The van der Waals surface area contributed by atoms with E-state index in [1.54, 1.807) is 0 Å². The van der Waals surface area contributed by atoms with E-state index >= 15 is 0 Å². The van der Waals surface area contributed by atoms with Gasteiger partial charge in [-0.15, -0.1) is 0 Å². The molecule has 192 valence electrons. The zero-order valence-corrected chi connectivity index (χ0v) is 24.9. The van der Waals surface area contributed by atoms with Crippen LogP contribution in [0.3, 0.4) is 0 Å². The number of benzene rings is 4. The first-order chi connectivity index (χ1) is 17.3. The lowest BCUT2D eigenvalue weighted by Crippen LogP contribution is -2.30. The van der Waals surface area contributed by atoms with Crippen molar-refractivity contribution in [1.82, 2.24) is 0 Å². The van der Waals surface area contributed by atoms with Crippen molar-refractivity contribution < 1.29 is 0 Å². The molecule has 0 saturated carbocycles. The van der Waals surface area contributed by atoms with E-state index in [-0.39, 0.29) is 10.8 Å². The zero-order valence-electron chi connectivity index (χ0n) is 24.9. The van der Waals surface area contributed by atoms with Gasteiger partial charge in [-0.25, -0.2) is 0 Å². The van der Waals surface area contributed by atoms with Gasteiger partial charge in [0.1, 0.15) is 0 Å². The van der Waals surface area contributed by atoms with Crippen LogP contribution in [0.4, 0.5) is 0 Å². The van der Waals surface area contributed by atoms with Crippen LogP contribution >= 0.6 is 0 Å². The van der Waals surface area contributed by atoms with E-state index in [1.807, 2.05) is 0 Å². The van der Waals surface area contributed by atoms with Gasteiger partial charge in [-0.2, -0.15) is 0 Å². The molecule has 0 aliphatic heterocycles. The van der Waals surface area contributed by atoms with Gasteiger partial charge >= 0.3 is 0 Å². The summed E-state index contributed by atoms with van der Waals surface area (Å²) in [5.74, 6) is 0. The summed E-state index contributed by atoms with van der Waals surface area (Å²) in [4.78, 5) is 0. The van der Waals surface area contributed by atoms with Crippen molar-refractivity contribution in [2.75, 3.05) is 0 Å². The molecule has 0 aromatic heterocycles. The first-order valence-electron chi connectivity index (χ1n) is 13.6. The predicted octanol–water partition coefficient (Wildman–Crippen LogP) is 9.83. The molecule has 4 aromatic carbocycles. The van der Waals surface area contributed by atoms with Crippen LogP contribution in [0.25, 0.3) is 0 Å². The Labute approximate surface area is 225 Å². The van der Waals surface area contributed by atoms with Gasteiger partial charge in [-0.05, 0) is 118 Å². The molecule has 0 bridgehead atoms. The average molecular weight is 489 g/mol. The summed E-state index contributed by atoms with van der Waals surface area (Å²) in [5, 5.41) is 0. The summed E-state index contributed by atoms with van der Waals surface area (Å²) in [6.45, 7) is 25.2. The summed E-state index contributed by atoms with van der Waals surface area (Å²) in [6.07, 6.45) is 0. The van der Waals surface area contributed by atoms with Crippen LogP contribution < -0.4 is 0 Å². The predicted molar refractivity (Wildman–Crippen MR) is 161 cm³/mol. The maximum Gasteiger partial charge on any atom is 0.0428 e. The van der Waals surface area contributed by atoms with Crippen molar-refractivity contribution >= 4 is 0 Å². The van der Waals surface area contributed by atoms with Gasteiger partial charge in [0.2, 0.25) is 0 Å². The van der Waals surface area contributed by atoms with Crippen molar-refractivity contribution in [3.8, 4) is 0 Å². The third kappa shape index (κ3) is 4.68. The Balaban J connectivity index is 2.09. The van der Waals surface area contributed by atoms with Crippen LogP contribution in [0.2, 0.25) is 0 Å². The fraction of sp³-hybridized carbons (Fsp3) is 0.351. The standard InChI is InChI=1S/C37H44/c1-23-12-14-27(5)32(18-23)36(9,10)34-20-25(3)21-35(30(34)8)37(11,31-17-16-26(4)29(7)22-31)33-19-24(2)13-15-28(33)6/h12-22H,1-11H3. The van der Waals surface area contributed by atoms with Crippen molar-refractivity contribution in [1.29, 1.82) is 0 Å². The molecule has 0 fully saturated rings. The molecule has 0 heterocycles. The van der Waals surface area contributed by atoms with Gasteiger partial charge in [0.25, 0.3) is 0 Å². The minimum atomic E-state index is -0.281. The highest BCUT2D eigenvalue weighted by atomic mass is 14.4. The highest BCUT2D eigenvalue weighted by Gasteiger charge is 2.37. The SMILES string of the molecule is Cc1ccc(C)c(C(C)(C)c2cc(C)cc(C(C)(c3ccc(C)c(C)c3)c3cc(C)ccc3C)c2C)c1. The molecule has 0 aliphatic carbocycles. The van der Waals surface area contributed by atoms with Gasteiger partial charge in [-0.1, -0.05) is 97.3 Å². The Morgan fingerprint density at radius 2 is 0.892 bits per heavy atom. The Morgan fingerprint density at radius 1 is 0.405 bits per heavy atom. The molecule has 0 aliphatic rings. The van der Waals surface area contributed by atoms with E-state index in [0.717, 1.165) is 0 Å². The number of hydrogen-bond donors (Lipinski definition) is 0. The smallest absolute Gasteiger partial charge is 0.0428 e. The van der Waals surface area contributed by atoms with Crippen molar-refractivity contribution in [3.63, 3.8) is 0 Å². The number of aryl methyl sites for hydroxylation is 7. The second-order valence-corrected chi connectivity index (χ2v) is 12.2. The first-order valence-corrected chi connectivity index (χ1v) is 13.6. The summed E-state index contributed by atoms with van der Waals surface area (Å²) in [6, 6.07) is 25.7. The highest BCUT2D eigenvalue weighted by molar-refractivity contribution is 5.60. The Hall–Kier alpha value is -3.12. The van der Waals surface area contributed by atoms with Crippen LogP contribution in [0.15, 0.2) is 66.7 Å². The Morgan fingerprint density at radius 3 is 1.49 bits per heavy atom. The molecule has 0 N–H and O–H groups in total. The quantitative estimate of drug-likeness (QED) is 0.245. The fourth-order valence-electron chi connectivity index (χ4n) is 6.36. The topological polar surface area (TPSA) is 0 Å². The van der Waals surface area contributed by atoms with Gasteiger partial charge < -0.3 is 0 Å². The fourth-order valence-corrected chi connectivity index (χ4v) is 6.36. The van der Waals surface area contributed by atoms with Gasteiger partial charge in [0.05, 0.1) is 0 Å². The van der Waals surface area contributed by atoms with Crippen LogP contribution in [0.5, 0.6) is 0 Å². The number of hydrogen-bond acceptors (Lipinski definition) is 0. The normalized spacial score (nSPS) is 13.5. The molecule has 0 radical (unpaired) electrons. The third-order valence-corrected chi connectivity index (χ3v) is 8.85. The van der Waals surface area contributed by atoms with Crippen LogP contribution in [-0.4, -0.2) is 0 Å². The van der Waals surface area contributed by atoms with Gasteiger partial charge in [-0.3, -0.25) is 0 Å². The summed E-state index contributed by atoms with van der Waals surface area (Å²) in [7, 11) is 0. The van der Waals surface area contributed by atoms with E-state index in [2.05, 4.69) is 143 Å². The lowest BCUT2D eigenvalue weighted by molar-refractivity contribution is 0.617. The molecule has 1 unspecified atom stereocenters. The Bertz CT molecular complexity index is 1480. The van der Waals surface area contributed by atoms with Crippen LogP contribution in [-0.2, 0) is 10.8 Å². The Kier molecular flexibility index (Phi) is 7.02. The molecule has 0 spiro atoms. The van der Waals surface area contributed by atoms with E-state index < -0.39 is 0 Å². The summed E-state index contributed by atoms with van der Waals surface area (Å²) < 4.78 is 0. The molecule has 4 aromatic rings. The molecule has 0 amide bonds. The average Bonchev–Trinajstić information content (AvgIpc) is 2.84. The minimum absolute atomic E-state index is 0.118. The van der Waals surface area contributed by atoms with E-state index in [1.165, 1.54) is 72.3 Å². The summed E-state index contributed by atoms with van der Waals surface area (Å²) >= 11 is 0. The molecular formula is C37H44. The monoisotopic (exact) mass is 488 g/mol. The first kappa shape index (κ1) is 26.9. The van der Waals surface area contributed by atoms with E-state index in [0.29, 0.717) is 0 Å². The molecular weight excluding hydrogens is 444 g/mol. The van der Waals surface area contributed by atoms with Crippen molar-refractivity contribution in [2.24, 2.45) is 0 Å². The second kappa shape index (κ2) is 9.64. The molecule has 37 heavy (non-hydrogen) atoms. The largest absolute Gasteiger partial charge is 0.0590 e. The summed E-state index contributed by atoms with van der Waals surface area (Å²) in [5.41, 5.74) is 17.3. The second-order valence-electron chi connectivity index (χ2n) is 12.2. The maximum atomic E-state index is 2.44.